The Kier molecular flexibility index (Phi) is 4.63. The number of ether oxygens (including phenoxy) is 1. The number of aryl methyl sites for hydroxylation is 1. The van der Waals surface area contributed by atoms with E-state index < -0.39 is 18.1 Å². The smallest absolute Gasteiger partial charge is 0.335 e. The molecule has 0 saturated carbocycles. The molecular weight excluding hydrogens is 270 g/mol. The van der Waals surface area contributed by atoms with Gasteiger partial charge in [-0.3, -0.25) is 4.79 Å². The lowest BCUT2D eigenvalue weighted by molar-refractivity contribution is -0.173. The lowest BCUT2D eigenvalue weighted by atomic mass is 9.96. The largest absolute Gasteiger partial charge is 0.479 e. The van der Waals surface area contributed by atoms with E-state index in [4.69, 9.17) is 4.74 Å². The first-order valence-corrected chi connectivity index (χ1v) is 7.10. The molecule has 0 aliphatic carbocycles. The predicted molar refractivity (Wildman–Crippen MR) is 77.8 cm³/mol. The molecule has 0 bridgehead atoms. The van der Waals surface area contributed by atoms with E-state index in [0.29, 0.717) is 6.54 Å². The number of morpholine rings is 1. The highest BCUT2D eigenvalue weighted by Crippen LogP contribution is 2.31. The van der Waals surface area contributed by atoms with E-state index in [-0.39, 0.29) is 18.4 Å². The molecule has 1 aliphatic heterocycles. The summed E-state index contributed by atoms with van der Waals surface area (Å²) in [6, 6.07) is 6.99. The van der Waals surface area contributed by atoms with Gasteiger partial charge < -0.3 is 14.7 Å². The van der Waals surface area contributed by atoms with Gasteiger partial charge in [0.1, 0.15) is 6.61 Å². The molecule has 114 valence electrons. The van der Waals surface area contributed by atoms with Crippen LogP contribution in [0.1, 0.15) is 31.0 Å². The van der Waals surface area contributed by atoms with Crippen molar-refractivity contribution >= 4 is 11.9 Å². The van der Waals surface area contributed by atoms with E-state index >= 15 is 0 Å². The minimum absolute atomic E-state index is 0.160. The van der Waals surface area contributed by atoms with E-state index in [0.717, 1.165) is 11.1 Å². The van der Waals surface area contributed by atoms with Gasteiger partial charge in [0.2, 0.25) is 5.91 Å². The van der Waals surface area contributed by atoms with Crippen molar-refractivity contribution in [1.29, 1.82) is 0 Å². The first kappa shape index (κ1) is 15.5. The maximum atomic E-state index is 12.2. The molecule has 1 aromatic carbocycles. The molecule has 0 radical (unpaired) electrons. The third-order valence-corrected chi connectivity index (χ3v) is 3.55. The number of hydrogen-bond donors (Lipinski definition) is 1. The van der Waals surface area contributed by atoms with Crippen molar-refractivity contribution in [2.45, 2.75) is 32.9 Å². The molecule has 1 aromatic rings. The van der Waals surface area contributed by atoms with Gasteiger partial charge in [-0.2, -0.15) is 0 Å². The number of nitrogens with zero attached hydrogens (tertiary/aromatic N) is 1. The molecule has 0 spiro atoms. The van der Waals surface area contributed by atoms with Crippen LogP contribution in [0.25, 0.3) is 0 Å². The Labute approximate surface area is 124 Å². The number of rotatable bonds is 4. The van der Waals surface area contributed by atoms with Gasteiger partial charge in [-0.25, -0.2) is 4.79 Å². The van der Waals surface area contributed by atoms with Gasteiger partial charge in [0.15, 0.2) is 6.10 Å². The quantitative estimate of drug-likeness (QED) is 0.921. The third-order valence-electron chi connectivity index (χ3n) is 3.55. The number of hydrogen-bond acceptors (Lipinski definition) is 3. The Morgan fingerprint density at radius 1 is 1.38 bits per heavy atom. The van der Waals surface area contributed by atoms with Crippen LogP contribution in [0.3, 0.4) is 0 Å². The Morgan fingerprint density at radius 2 is 2.00 bits per heavy atom. The molecule has 1 heterocycles. The van der Waals surface area contributed by atoms with Crippen LogP contribution in [0.5, 0.6) is 0 Å². The van der Waals surface area contributed by atoms with Gasteiger partial charge >= 0.3 is 5.97 Å². The van der Waals surface area contributed by atoms with Crippen LogP contribution in [0.15, 0.2) is 24.3 Å². The van der Waals surface area contributed by atoms with Crippen molar-refractivity contribution in [2.75, 3.05) is 13.2 Å². The maximum absolute atomic E-state index is 12.2. The molecule has 2 rings (SSSR count). The lowest BCUT2D eigenvalue weighted by Gasteiger charge is -2.40. The second kappa shape index (κ2) is 6.26. The molecule has 1 amide bonds. The number of carboxylic acids is 1. The molecule has 5 heteroatoms. The van der Waals surface area contributed by atoms with Crippen molar-refractivity contribution < 1.29 is 19.4 Å². The molecule has 1 N–H and O–H groups in total. The van der Waals surface area contributed by atoms with E-state index in [9.17, 15) is 14.7 Å². The van der Waals surface area contributed by atoms with E-state index in [1.54, 1.807) is 4.90 Å². The SMILES string of the molecule is Cc1ccc(C2C(C(=O)O)OCC(=O)N2CC(C)C)cc1. The number of carboxylic acid groups (broad SMARTS) is 1. The van der Waals surface area contributed by atoms with Crippen LogP contribution in [0.4, 0.5) is 0 Å². The fraction of sp³-hybridized carbons (Fsp3) is 0.500. The van der Waals surface area contributed by atoms with Gasteiger partial charge in [0.05, 0.1) is 6.04 Å². The molecule has 1 saturated heterocycles. The summed E-state index contributed by atoms with van der Waals surface area (Å²) in [5.74, 6) is -0.942. The summed E-state index contributed by atoms with van der Waals surface area (Å²) in [7, 11) is 0. The Balaban J connectivity index is 2.40. The van der Waals surface area contributed by atoms with Gasteiger partial charge in [-0.05, 0) is 18.4 Å². The van der Waals surface area contributed by atoms with Crippen LogP contribution in [0.2, 0.25) is 0 Å². The van der Waals surface area contributed by atoms with Gasteiger partial charge in [-0.1, -0.05) is 43.7 Å². The van der Waals surface area contributed by atoms with Crippen molar-refractivity contribution in [1.82, 2.24) is 4.90 Å². The number of carbonyl (C=O) groups excluding carboxylic acids is 1. The highest BCUT2D eigenvalue weighted by molar-refractivity contribution is 5.83. The van der Waals surface area contributed by atoms with Gasteiger partial charge in [0, 0.05) is 6.54 Å². The summed E-state index contributed by atoms with van der Waals surface area (Å²) < 4.78 is 5.27. The minimum atomic E-state index is -1.04. The van der Waals surface area contributed by atoms with Crippen LogP contribution < -0.4 is 0 Å². The van der Waals surface area contributed by atoms with E-state index in [1.165, 1.54) is 0 Å². The van der Waals surface area contributed by atoms with E-state index in [1.807, 2.05) is 45.0 Å². The summed E-state index contributed by atoms with van der Waals surface area (Å²) in [5, 5.41) is 9.40. The normalized spacial score (nSPS) is 22.7. The third kappa shape index (κ3) is 3.42. The van der Waals surface area contributed by atoms with Crippen LogP contribution >= 0.6 is 0 Å². The zero-order valence-corrected chi connectivity index (χ0v) is 12.6. The highest BCUT2D eigenvalue weighted by Gasteiger charge is 2.41. The Bertz CT molecular complexity index is 524. The molecular formula is C16H21NO4. The monoisotopic (exact) mass is 291 g/mol. The summed E-state index contributed by atoms with van der Waals surface area (Å²) in [4.78, 5) is 25.3. The summed E-state index contributed by atoms with van der Waals surface area (Å²) >= 11 is 0. The predicted octanol–water partition coefficient (Wildman–Crippen LogP) is 2.00. The second-order valence-corrected chi connectivity index (χ2v) is 5.87. The summed E-state index contributed by atoms with van der Waals surface area (Å²) in [6.07, 6.45) is -1.02. The minimum Gasteiger partial charge on any atom is -0.479 e. The maximum Gasteiger partial charge on any atom is 0.335 e. The summed E-state index contributed by atoms with van der Waals surface area (Å²) in [5.41, 5.74) is 1.88. The fourth-order valence-corrected chi connectivity index (χ4v) is 2.59. The number of carbonyl (C=O) groups is 2. The van der Waals surface area contributed by atoms with Gasteiger partial charge in [0.25, 0.3) is 0 Å². The average Bonchev–Trinajstić information content (AvgIpc) is 2.41. The second-order valence-electron chi connectivity index (χ2n) is 5.87. The molecule has 2 unspecified atom stereocenters. The van der Waals surface area contributed by atoms with E-state index in [2.05, 4.69) is 0 Å². The fourth-order valence-electron chi connectivity index (χ4n) is 2.59. The van der Waals surface area contributed by atoms with Gasteiger partial charge in [-0.15, -0.1) is 0 Å². The lowest BCUT2D eigenvalue weighted by Crippen LogP contribution is -2.52. The molecule has 2 atom stereocenters. The zero-order chi connectivity index (χ0) is 15.6. The molecule has 21 heavy (non-hydrogen) atoms. The standard InChI is InChI=1S/C16H21NO4/c1-10(2)8-17-13(18)9-21-15(16(19)20)14(17)12-6-4-11(3)5-7-12/h4-7,10,14-15H,8-9H2,1-3H3,(H,19,20). The van der Waals surface area contributed by atoms with Crippen molar-refractivity contribution in [3.63, 3.8) is 0 Å². The first-order valence-electron chi connectivity index (χ1n) is 7.10. The van der Waals surface area contributed by atoms with Crippen molar-refractivity contribution in [2.24, 2.45) is 5.92 Å². The van der Waals surface area contributed by atoms with Crippen LogP contribution in [0, 0.1) is 12.8 Å². The van der Waals surface area contributed by atoms with Crippen LogP contribution in [-0.2, 0) is 14.3 Å². The average molecular weight is 291 g/mol. The summed E-state index contributed by atoms with van der Waals surface area (Å²) in [6.45, 7) is 6.32. The number of benzene rings is 1. The molecule has 0 aromatic heterocycles. The number of amides is 1. The molecule has 5 nitrogen and oxygen atoms in total. The Morgan fingerprint density at radius 3 is 2.52 bits per heavy atom. The topological polar surface area (TPSA) is 66.8 Å². The Hall–Kier alpha value is -1.88. The molecule has 1 aliphatic rings. The van der Waals surface area contributed by atoms with Crippen LogP contribution in [-0.4, -0.2) is 41.1 Å². The number of aliphatic carboxylic acids is 1. The van der Waals surface area contributed by atoms with Crippen molar-refractivity contribution in [3.05, 3.63) is 35.4 Å². The van der Waals surface area contributed by atoms with Crippen molar-refractivity contribution in [3.8, 4) is 0 Å². The first-order chi connectivity index (χ1) is 9.90. The highest BCUT2D eigenvalue weighted by atomic mass is 16.5. The molecule has 1 fully saturated rings. The zero-order valence-electron chi connectivity index (χ0n) is 12.6.